The Bertz CT molecular complexity index is 941. The predicted molar refractivity (Wildman–Crippen MR) is 109 cm³/mol. The molecular weight excluding hydrogens is 392 g/mol. The number of hydrogen-bond donors (Lipinski definition) is 0. The number of hydrogen-bond acceptors (Lipinski definition) is 5. The number of halogens is 1. The van der Waals surface area contributed by atoms with Crippen LogP contribution in [-0.4, -0.2) is 61.7 Å². The average Bonchev–Trinajstić information content (AvgIpc) is 3.22. The number of fused-ring (bicyclic) bond motifs is 2. The zero-order valence-electron chi connectivity index (χ0n) is 16.2. The Balaban J connectivity index is 1.21. The molecule has 1 fully saturated rings. The molecule has 0 bridgehead atoms. The topological polar surface area (TPSA) is 51.2 Å². The highest BCUT2D eigenvalue weighted by Gasteiger charge is 2.25. The number of amides is 1. The van der Waals surface area contributed by atoms with Gasteiger partial charge >= 0.3 is 0 Å². The van der Waals surface area contributed by atoms with Gasteiger partial charge in [0.05, 0.1) is 11.6 Å². The third-order valence-corrected chi connectivity index (χ3v) is 5.94. The highest BCUT2D eigenvalue weighted by molar-refractivity contribution is 6.32. The molecule has 2 aromatic carbocycles. The fraction of sp³-hybridized carbons (Fsp3) is 0.409. The molecule has 0 aromatic heterocycles. The van der Waals surface area contributed by atoms with Gasteiger partial charge in [-0.05, 0) is 29.3 Å². The summed E-state index contributed by atoms with van der Waals surface area (Å²) in [6.45, 7) is 5.69. The van der Waals surface area contributed by atoms with Crippen molar-refractivity contribution in [2.24, 2.45) is 0 Å². The minimum absolute atomic E-state index is 0.0156. The molecule has 2 aromatic rings. The molecule has 0 aliphatic carbocycles. The van der Waals surface area contributed by atoms with Gasteiger partial charge < -0.3 is 19.1 Å². The predicted octanol–water partition coefficient (Wildman–Crippen LogP) is 3.00. The second kappa shape index (κ2) is 7.76. The lowest BCUT2D eigenvalue weighted by Gasteiger charge is -2.35. The van der Waals surface area contributed by atoms with E-state index in [1.165, 1.54) is 11.1 Å². The molecule has 0 unspecified atom stereocenters. The van der Waals surface area contributed by atoms with Crippen LogP contribution in [0.5, 0.6) is 17.2 Å². The molecule has 5 rings (SSSR count). The molecule has 1 saturated heterocycles. The molecular formula is C22H23ClN2O4. The normalized spacial score (nSPS) is 18.3. The van der Waals surface area contributed by atoms with Gasteiger partial charge in [-0.2, -0.15) is 0 Å². The summed E-state index contributed by atoms with van der Waals surface area (Å²) in [6.07, 6.45) is 0.990. The van der Waals surface area contributed by atoms with Crippen molar-refractivity contribution in [3.05, 3.63) is 52.0 Å². The van der Waals surface area contributed by atoms with Crippen LogP contribution in [0.1, 0.15) is 21.5 Å². The SMILES string of the molecule is O=C(c1cc(Cl)c2c(c1)OCCO2)N1CCN(Cc2ccc3c(c2)CCO3)CC1. The second-order valence-electron chi connectivity index (χ2n) is 7.59. The van der Waals surface area contributed by atoms with Crippen LogP contribution in [0.15, 0.2) is 30.3 Å². The Labute approximate surface area is 174 Å². The molecule has 0 saturated carbocycles. The van der Waals surface area contributed by atoms with Crippen molar-refractivity contribution in [3.8, 4) is 17.2 Å². The standard InChI is InChI=1S/C22H23ClN2O4/c23-18-12-17(13-20-21(18)29-10-9-28-20)22(26)25-6-4-24(5-7-25)14-15-1-2-19-16(11-15)3-8-27-19/h1-2,11-13H,3-10,14H2. The second-order valence-corrected chi connectivity index (χ2v) is 8.00. The van der Waals surface area contributed by atoms with Crippen LogP contribution >= 0.6 is 11.6 Å². The average molecular weight is 415 g/mol. The Kier molecular flexibility index (Phi) is 4.97. The van der Waals surface area contributed by atoms with E-state index < -0.39 is 0 Å². The molecule has 3 aliphatic heterocycles. The molecule has 6 nitrogen and oxygen atoms in total. The Morgan fingerprint density at radius 1 is 0.931 bits per heavy atom. The fourth-order valence-electron chi connectivity index (χ4n) is 4.12. The fourth-order valence-corrected chi connectivity index (χ4v) is 4.39. The van der Waals surface area contributed by atoms with Crippen LogP contribution in [0.3, 0.4) is 0 Å². The smallest absolute Gasteiger partial charge is 0.254 e. The maximum absolute atomic E-state index is 13.0. The minimum Gasteiger partial charge on any atom is -0.493 e. The third-order valence-electron chi connectivity index (χ3n) is 5.66. The molecule has 0 spiro atoms. The number of carbonyl (C=O) groups is 1. The highest BCUT2D eigenvalue weighted by atomic mass is 35.5. The Morgan fingerprint density at radius 2 is 1.72 bits per heavy atom. The van der Waals surface area contributed by atoms with E-state index in [0.717, 1.165) is 38.4 Å². The van der Waals surface area contributed by atoms with Crippen LogP contribution in [-0.2, 0) is 13.0 Å². The van der Waals surface area contributed by atoms with E-state index in [-0.39, 0.29) is 5.91 Å². The first-order chi connectivity index (χ1) is 14.2. The molecule has 3 heterocycles. The minimum atomic E-state index is -0.0156. The van der Waals surface area contributed by atoms with E-state index in [2.05, 4.69) is 23.1 Å². The largest absolute Gasteiger partial charge is 0.493 e. The van der Waals surface area contributed by atoms with Crippen LogP contribution in [0.2, 0.25) is 5.02 Å². The van der Waals surface area contributed by atoms with Crippen molar-refractivity contribution >= 4 is 17.5 Å². The first kappa shape index (κ1) is 18.6. The summed E-state index contributed by atoms with van der Waals surface area (Å²) in [6, 6.07) is 9.87. The maximum Gasteiger partial charge on any atom is 0.254 e. The monoisotopic (exact) mass is 414 g/mol. The van der Waals surface area contributed by atoms with Crippen LogP contribution < -0.4 is 14.2 Å². The van der Waals surface area contributed by atoms with Gasteiger partial charge in [-0.15, -0.1) is 0 Å². The van der Waals surface area contributed by atoms with Gasteiger partial charge in [0.2, 0.25) is 0 Å². The lowest BCUT2D eigenvalue weighted by Crippen LogP contribution is -2.48. The Morgan fingerprint density at radius 3 is 2.59 bits per heavy atom. The van der Waals surface area contributed by atoms with E-state index in [1.807, 2.05) is 4.90 Å². The summed E-state index contributed by atoms with van der Waals surface area (Å²) in [5, 5.41) is 0.421. The Hall–Kier alpha value is -2.44. The van der Waals surface area contributed by atoms with Crippen molar-refractivity contribution in [2.45, 2.75) is 13.0 Å². The number of ether oxygens (including phenoxy) is 3. The van der Waals surface area contributed by atoms with Crippen LogP contribution in [0.4, 0.5) is 0 Å². The van der Waals surface area contributed by atoms with E-state index in [9.17, 15) is 4.79 Å². The number of benzene rings is 2. The summed E-state index contributed by atoms with van der Waals surface area (Å²) < 4.78 is 16.7. The van der Waals surface area contributed by atoms with E-state index in [0.29, 0.717) is 48.4 Å². The molecule has 0 radical (unpaired) electrons. The summed E-state index contributed by atoms with van der Waals surface area (Å²) in [7, 11) is 0. The van der Waals surface area contributed by atoms with Crippen molar-refractivity contribution in [3.63, 3.8) is 0 Å². The lowest BCUT2D eigenvalue weighted by molar-refractivity contribution is 0.0627. The zero-order chi connectivity index (χ0) is 19.8. The van der Waals surface area contributed by atoms with Gasteiger partial charge in [-0.1, -0.05) is 23.7 Å². The van der Waals surface area contributed by atoms with Crippen LogP contribution in [0, 0.1) is 0 Å². The van der Waals surface area contributed by atoms with Gasteiger partial charge in [0.1, 0.15) is 19.0 Å². The quantitative estimate of drug-likeness (QED) is 0.772. The van der Waals surface area contributed by atoms with Gasteiger partial charge in [-0.3, -0.25) is 9.69 Å². The van der Waals surface area contributed by atoms with E-state index in [1.54, 1.807) is 12.1 Å². The summed E-state index contributed by atoms with van der Waals surface area (Å²) in [5.74, 6) is 2.07. The molecule has 0 atom stereocenters. The number of piperazine rings is 1. The van der Waals surface area contributed by atoms with Gasteiger partial charge in [0.25, 0.3) is 5.91 Å². The van der Waals surface area contributed by atoms with Gasteiger partial charge in [-0.25, -0.2) is 0 Å². The van der Waals surface area contributed by atoms with Crippen molar-refractivity contribution in [2.75, 3.05) is 46.0 Å². The molecule has 3 aliphatic rings. The summed E-state index contributed by atoms with van der Waals surface area (Å²) >= 11 is 6.29. The van der Waals surface area contributed by atoms with Crippen molar-refractivity contribution in [1.82, 2.24) is 9.80 Å². The summed E-state index contributed by atoms with van der Waals surface area (Å²) in [4.78, 5) is 17.2. The first-order valence-electron chi connectivity index (χ1n) is 10.0. The molecule has 7 heteroatoms. The number of carbonyl (C=O) groups excluding carboxylic acids is 1. The lowest BCUT2D eigenvalue weighted by atomic mass is 10.1. The third kappa shape index (κ3) is 3.74. The molecule has 152 valence electrons. The zero-order valence-corrected chi connectivity index (χ0v) is 16.9. The van der Waals surface area contributed by atoms with Crippen molar-refractivity contribution in [1.29, 1.82) is 0 Å². The van der Waals surface area contributed by atoms with E-state index >= 15 is 0 Å². The first-order valence-corrected chi connectivity index (χ1v) is 10.4. The molecule has 29 heavy (non-hydrogen) atoms. The van der Waals surface area contributed by atoms with Gasteiger partial charge in [0, 0.05) is 44.7 Å². The maximum atomic E-state index is 13.0. The van der Waals surface area contributed by atoms with Crippen molar-refractivity contribution < 1.29 is 19.0 Å². The van der Waals surface area contributed by atoms with Gasteiger partial charge in [0.15, 0.2) is 11.5 Å². The highest BCUT2D eigenvalue weighted by Crippen LogP contribution is 2.38. The summed E-state index contributed by atoms with van der Waals surface area (Å²) in [5.41, 5.74) is 3.14. The molecule has 1 amide bonds. The van der Waals surface area contributed by atoms with Crippen LogP contribution in [0.25, 0.3) is 0 Å². The number of rotatable bonds is 3. The number of nitrogens with zero attached hydrogens (tertiary/aromatic N) is 2. The molecule has 0 N–H and O–H groups in total. The van der Waals surface area contributed by atoms with E-state index in [4.69, 9.17) is 25.8 Å².